The van der Waals surface area contributed by atoms with Gasteiger partial charge in [-0.05, 0) is 38.9 Å². The summed E-state index contributed by atoms with van der Waals surface area (Å²) in [5.41, 5.74) is 2.21. The average molecular weight is 406 g/mol. The van der Waals surface area contributed by atoms with Crippen molar-refractivity contribution < 1.29 is 9.90 Å². The second-order valence-electron chi connectivity index (χ2n) is 5.64. The zero-order chi connectivity index (χ0) is 17.3. The maximum absolute atomic E-state index is 10.9. The van der Waals surface area contributed by atoms with Crippen LogP contribution in [0, 0.1) is 0 Å². The number of aliphatic carboxylic acids is 1. The van der Waals surface area contributed by atoms with Gasteiger partial charge in [0.2, 0.25) is 4.73 Å². The van der Waals surface area contributed by atoms with Gasteiger partial charge in [-0.2, -0.15) is 0 Å². The van der Waals surface area contributed by atoms with E-state index in [1.165, 1.54) is 10.9 Å². The van der Waals surface area contributed by atoms with E-state index in [-0.39, 0.29) is 5.75 Å². The molecule has 124 valence electrons. The fraction of sp³-hybridized carbons (Fsp3) is 0.235. The Balaban J connectivity index is 2.19. The first-order valence-electron chi connectivity index (χ1n) is 7.46. The maximum atomic E-state index is 10.9. The fourth-order valence-corrected chi connectivity index (χ4v) is 3.90. The molecule has 3 rings (SSSR count). The minimum absolute atomic E-state index is 0.0624. The lowest BCUT2D eigenvalue weighted by Crippen LogP contribution is -2.03. The van der Waals surface area contributed by atoms with Gasteiger partial charge in [0.1, 0.15) is 0 Å². The molecule has 3 aromatic rings. The Morgan fingerprint density at radius 3 is 2.58 bits per heavy atom. The van der Waals surface area contributed by atoms with E-state index in [4.69, 9.17) is 5.11 Å². The molecule has 5 nitrogen and oxygen atoms in total. The Labute approximate surface area is 152 Å². The molecule has 0 saturated carbocycles. The lowest BCUT2D eigenvalue weighted by atomic mass is 9.95. The number of hydrogen-bond acceptors (Lipinski definition) is 4. The van der Waals surface area contributed by atoms with Crippen LogP contribution in [0.1, 0.15) is 25.3 Å². The fourth-order valence-electron chi connectivity index (χ4n) is 2.68. The number of carbonyl (C=O) groups is 1. The average Bonchev–Trinajstić information content (AvgIpc) is 2.92. The lowest BCUT2D eigenvalue weighted by Gasteiger charge is -2.15. The number of halogens is 1. The molecule has 0 spiro atoms. The van der Waals surface area contributed by atoms with E-state index in [0.717, 1.165) is 22.8 Å². The van der Waals surface area contributed by atoms with Crippen molar-refractivity contribution in [2.75, 3.05) is 5.75 Å². The smallest absolute Gasteiger partial charge is 0.313 e. The second kappa shape index (κ2) is 6.94. The van der Waals surface area contributed by atoms with Gasteiger partial charge in [0.05, 0.1) is 11.4 Å². The van der Waals surface area contributed by atoms with Crippen molar-refractivity contribution >= 4 is 44.4 Å². The Morgan fingerprint density at radius 1 is 1.21 bits per heavy atom. The molecule has 0 aliphatic heterocycles. The molecule has 0 fully saturated rings. The summed E-state index contributed by atoms with van der Waals surface area (Å²) in [5, 5.41) is 19.9. The summed E-state index contributed by atoms with van der Waals surface area (Å²) in [6.45, 7) is 4.34. The summed E-state index contributed by atoms with van der Waals surface area (Å²) < 4.78 is 2.40. The predicted molar refractivity (Wildman–Crippen MR) is 99.0 cm³/mol. The van der Waals surface area contributed by atoms with Crippen molar-refractivity contribution in [2.24, 2.45) is 0 Å². The first kappa shape index (κ1) is 17.0. The zero-order valence-corrected chi connectivity index (χ0v) is 15.6. The Bertz CT molecular complexity index is 908. The van der Waals surface area contributed by atoms with Gasteiger partial charge in [-0.25, -0.2) is 0 Å². The first-order valence-corrected chi connectivity index (χ1v) is 9.24. The highest BCUT2D eigenvalue weighted by Crippen LogP contribution is 2.33. The van der Waals surface area contributed by atoms with Crippen molar-refractivity contribution in [3.63, 3.8) is 0 Å². The van der Waals surface area contributed by atoms with E-state index < -0.39 is 5.97 Å². The van der Waals surface area contributed by atoms with Crippen LogP contribution in [0.2, 0.25) is 0 Å². The van der Waals surface area contributed by atoms with Crippen LogP contribution in [0.25, 0.3) is 16.5 Å². The summed E-state index contributed by atoms with van der Waals surface area (Å²) in [6, 6.07) is 12.3. The van der Waals surface area contributed by atoms with Crippen LogP contribution in [0.3, 0.4) is 0 Å². The van der Waals surface area contributed by atoms with Crippen molar-refractivity contribution in [3.8, 4) is 5.69 Å². The van der Waals surface area contributed by atoms with Crippen molar-refractivity contribution in [3.05, 3.63) is 46.7 Å². The number of aromatic nitrogens is 3. The van der Waals surface area contributed by atoms with Crippen LogP contribution >= 0.6 is 27.7 Å². The molecule has 0 saturated heterocycles. The number of carboxylic acid groups (broad SMARTS) is 1. The van der Waals surface area contributed by atoms with Crippen LogP contribution in [0.5, 0.6) is 0 Å². The molecule has 1 N–H and O–H groups in total. The number of fused-ring (bicyclic) bond motifs is 1. The molecule has 0 amide bonds. The Morgan fingerprint density at radius 2 is 1.92 bits per heavy atom. The molecule has 0 aliphatic carbocycles. The third kappa shape index (κ3) is 3.18. The molecule has 2 aromatic carbocycles. The van der Waals surface area contributed by atoms with Crippen molar-refractivity contribution in [2.45, 2.75) is 24.9 Å². The summed E-state index contributed by atoms with van der Waals surface area (Å²) in [5.74, 6) is -0.535. The molecular formula is C17H16BrN3O2S. The highest BCUT2D eigenvalue weighted by Gasteiger charge is 2.17. The topological polar surface area (TPSA) is 68.0 Å². The quantitative estimate of drug-likeness (QED) is 0.633. The normalized spacial score (nSPS) is 11.3. The molecule has 24 heavy (non-hydrogen) atoms. The van der Waals surface area contributed by atoms with Gasteiger partial charge in [-0.3, -0.25) is 9.36 Å². The number of benzene rings is 2. The summed E-state index contributed by atoms with van der Waals surface area (Å²) in [6.07, 6.45) is 0. The third-order valence-electron chi connectivity index (χ3n) is 3.72. The molecule has 0 bridgehead atoms. The minimum atomic E-state index is -0.884. The van der Waals surface area contributed by atoms with Crippen molar-refractivity contribution in [1.29, 1.82) is 0 Å². The molecule has 1 heterocycles. The van der Waals surface area contributed by atoms with Gasteiger partial charge < -0.3 is 5.11 Å². The molecule has 7 heteroatoms. The number of nitrogens with zero attached hydrogens (tertiary/aromatic N) is 3. The Hall–Kier alpha value is -1.86. The first-order chi connectivity index (χ1) is 11.5. The molecule has 0 unspecified atom stereocenters. The minimum Gasteiger partial charge on any atom is -0.481 e. The molecule has 0 radical (unpaired) electrons. The lowest BCUT2D eigenvalue weighted by molar-refractivity contribution is -0.133. The maximum Gasteiger partial charge on any atom is 0.313 e. The highest BCUT2D eigenvalue weighted by molar-refractivity contribution is 9.10. The highest BCUT2D eigenvalue weighted by atomic mass is 79.9. The van der Waals surface area contributed by atoms with E-state index >= 15 is 0 Å². The Kier molecular flexibility index (Phi) is 4.91. The van der Waals surface area contributed by atoms with Gasteiger partial charge in [-0.15, -0.1) is 10.2 Å². The number of hydrogen-bond donors (Lipinski definition) is 1. The molecule has 0 aliphatic rings. The number of rotatable bonds is 5. The van der Waals surface area contributed by atoms with E-state index in [1.54, 1.807) is 0 Å². The van der Waals surface area contributed by atoms with Crippen LogP contribution < -0.4 is 0 Å². The van der Waals surface area contributed by atoms with Gasteiger partial charge in [0.25, 0.3) is 0 Å². The molecular weight excluding hydrogens is 390 g/mol. The number of thioether (sulfide) groups is 1. The summed E-state index contributed by atoms with van der Waals surface area (Å²) >= 11 is 4.57. The van der Waals surface area contributed by atoms with E-state index in [0.29, 0.717) is 15.8 Å². The van der Waals surface area contributed by atoms with Crippen LogP contribution in [-0.2, 0) is 4.79 Å². The SMILES string of the molecule is CC(C)c1ccc(-n2c(Br)nnc2SCC(=O)O)c2ccccc12. The predicted octanol–water partition coefficient (Wildman–Crippen LogP) is 4.48. The summed E-state index contributed by atoms with van der Waals surface area (Å²) in [7, 11) is 0. The van der Waals surface area contributed by atoms with E-state index in [2.05, 4.69) is 58.2 Å². The second-order valence-corrected chi connectivity index (χ2v) is 7.30. The van der Waals surface area contributed by atoms with Crippen LogP contribution in [-0.4, -0.2) is 31.6 Å². The van der Waals surface area contributed by atoms with Gasteiger partial charge >= 0.3 is 5.97 Å². The van der Waals surface area contributed by atoms with Crippen LogP contribution in [0.15, 0.2) is 46.3 Å². The van der Waals surface area contributed by atoms with E-state index in [1.807, 2.05) is 22.8 Å². The molecule has 0 atom stereocenters. The van der Waals surface area contributed by atoms with Crippen LogP contribution in [0.4, 0.5) is 0 Å². The monoisotopic (exact) mass is 405 g/mol. The van der Waals surface area contributed by atoms with Gasteiger partial charge in [0.15, 0.2) is 5.16 Å². The van der Waals surface area contributed by atoms with Gasteiger partial charge in [-0.1, -0.05) is 55.9 Å². The zero-order valence-electron chi connectivity index (χ0n) is 13.2. The van der Waals surface area contributed by atoms with Gasteiger partial charge in [0, 0.05) is 5.39 Å². The standard InChI is InChI=1S/C17H16BrN3O2S/c1-10(2)11-7-8-14(13-6-4-3-5-12(11)13)21-16(18)19-20-17(21)24-9-15(22)23/h3-8,10H,9H2,1-2H3,(H,22,23). The molecule has 1 aromatic heterocycles. The van der Waals surface area contributed by atoms with Crippen molar-refractivity contribution in [1.82, 2.24) is 14.8 Å². The third-order valence-corrected chi connectivity index (χ3v) is 5.14. The number of carboxylic acids is 1. The summed E-state index contributed by atoms with van der Waals surface area (Å²) in [4.78, 5) is 10.9. The largest absolute Gasteiger partial charge is 0.481 e. The van der Waals surface area contributed by atoms with E-state index in [9.17, 15) is 4.79 Å².